The van der Waals surface area contributed by atoms with Gasteiger partial charge < -0.3 is 24.2 Å². The van der Waals surface area contributed by atoms with E-state index in [4.69, 9.17) is 14.2 Å². The fraction of sp³-hybridized carbons (Fsp3) is 0.476. The van der Waals surface area contributed by atoms with E-state index in [0.29, 0.717) is 34.5 Å². The van der Waals surface area contributed by atoms with Crippen LogP contribution in [0.25, 0.3) is 11.3 Å². The fourth-order valence-corrected chi connectivity index (χ4v) is 2.97. The molecule has 0 fully saturated rings. The summed E-state index contributed by atoms with van der Waals surface area (Å²) in [5, 5.41) is 9.51. The lowest BCUT2D eigenvalue weighted by molar-refractivity contribution is 0.0690. The second-order valence-electron chi connectivity index (χ2n) is 6.64. The first-order chi connectivity index (χ1) is 13.9. The smallest absolute Gasteiger partial charge is 0.354 e. The molecule has 0 aliphatic carbocycles. The molecule has 2 rings (SSSR count). The molecule has 0 amide bonds. The van der Waals surface area contributed by atoms with Crippen molar-refractivity contribution in [1.82, 2.24) is 9.97 Å². The lowest BCUT2D eigenvalue weighted by Gasteiger charge is -2.19. The van der Waals surface area contributed by atoms with E-state index in [0.717, 1.165) is 25.8 Å². The van der Waals surface area contributed by atoms with Crippen molar-refractivity contribution in [3.05, 3.63) is 23.9 Å². The Hall–Kier alpha value is -3.03. The first kappa shape index (κ1) is 22.3. The summed E-state index contributed by atoms with van der Waals surface area (Å²) in [6.07, 6.45) is 4.42. The quantitative estimate of drug-likeness (QED) is 0.565. The second kappa shape index (κ2) is 10.5. The minimum absolute atomic E-state index is 0.0702. The summed E-state index contributed by atoms with van der Waals surface area (Å²) in [4.78, 5) is 22.3. The Morgan fingerprint density at radius 3 is 2.17 bits per heavy atom. The van der Waals surface area contributed by atoms with Gasteiger partial charge >= 0.3 is 5.97 Å². The monoisotopic (exact) mass is 403 g/mol. The molecule has 0 bridgehead atoms. The predicted octanol–water partition coefficient (Wildman–Crippen LogP) is 3.88. The Morgan fingerprint density at radius 2 is 1.66 bits per heavy atom. The first-order valence-corrected chi connectivity index (χ1v) is 9.59. The molecule has 0 atom stereocenters. The number of methoxy groups -OCH3 is 3. The van der Waals surface area contributed by atoms with Gasteiger partial charge in [-0.05, 0) is 24.6 Å². The standard InChI is InChI=1S/C21H29N3O5/c1-6-7-8-9-10-24(2)21-22-15(13-16(23-21)20(25)26)14-11-17(27-3)19(29-5)18(12-14)28-4/h11-13H,6-10H2,1-5H3,(H,25,26). The summed E-state index contributed by atoms with van der Waals surface area (Å²) >= 11 is 0. The molecule has 8 nitrogen and oxygen atoms in total. The van der Waals surface area contributed by atoms with E-state index in [9.17, 15) is 9.90 Å². The normalized spacial score (nSPS) is 10.5. The highest BCUT2D eigenvalue weighted by Gasteiger charge is 2.18. The summed E-state index contributed by atoms with van der Waals surface area (Å²) in [5.41, 5.74) is 1.04. The number of rotatable bonds is 11. The van der Waals surface area contributed by atoms with Crippen LogP contribution in [0, 0.1) is 0 Å². The number of nitrogens with zero attached hydrogens (tertiary/aromatic N) is 3. The molecule has 0 radical (unpaired) electrons. The highest BCUT2D eigenvalue weighted by molar-refractivity contribution is 5.87. The number of aromatic nitrogens is 2. The van der Waals surface area contributed by atoms with Gasteiger partial charge in [-0.3, -0.25) is 0 Å². The van der Waals surface area contributed by atoms with Crippen LogP contribution < -0.4 is 19.1 Å². The van der Waals surface area contributed by atoms with Crippen molar-refractivity contribution in [2.24, 2.45) is 0 Å². The van der Waals surface area contributed by atoms with Crippen LogP contribution in [0.5, 0.6) is 17.2 Å². The number of benzene rings is 1. The van der Waals surface area contributed by atoms with Crippen LogP contribution >= 0.6 is 0 Å². The average Bonchev–Trinajstić information content (AvgIpc) is 2.74. The summed E-state index contributed by atoms with van der Waals surface area (Å²) < 4.78 is 16.1. The zero-order valence-electron chi connectivity index (χ0n) is 17.7. The number of hydrogen-bond acceptors (Lipinski definition) is 7. The van der Waals surface area contributed by atoms with Gasteiger partial charge in [0.05, 0.1) is 27.0 Å². The number of hydrogen-bond donors (Lipinski definition) is 1. The molecule has 0 aliphatic heterocycles. The van der Waals surface area contributed by atoms with Gasteiger partial charge in [-0.1, -0.05) is 26.2 Å². The fourth-order valence-electron chi connectivity index (χ4n) is 2.97. The van der Waals surface area contributed by atoms with Crippen molar-refractivity contribution < 1.29 is 24.1 Å². The Kier molecular flexibility index (Phi) is 8.06. The molecule has 1 N–H and O–H groups in total. The molecule has 0 unspecified atom stereocenters. The minimum Gasteiger partial charge on any atom is -0.493 e. The molecule has 8 heteroatoms. The Labute approximate surface area is 171 Å². The number of carbonyl (C=O) groups is 1. The number of unbranched alkanes of at least 4 members (excludes halogenated alkanes) is 3. The topological polar surface area (TPSA) is 94.0 Å². The maximum Gasteiger partial charge on any atom is 0.354 e. The molecule has 29 heavy (non-hydrogen) atoms. The van der Waals surface area contributed by atoms with Crippen LogP contribution in [-0.4, -0.2) is 56.0 Å². The summed E-state index contributed by atoms with van der Waals surface area (Å²) in [6.45, 7) is 2.91. The van der Waals surface area contributed by atoms with Crippen molar-refractivity contribution in [3.8, 4) is 28.5 Å². The number of carboxylic acid groups (broad SMARTS) is 1. The van der Waals surface area contributed by atoms with Crippen LogP contribution in [0.15, 0.2) is 18.2 Å². The first-order valence-electron chi connectivity index (χ1n) is 9.59. The third-order valence-corrected chi connectivity index (χ3v) is 4.58. The summed E-state index contributed by atoms with van der Waals surface area (Å²) in [5.74, 6) is 0.644. The zero-order chi connectivity index (χ0) is 21.4. The Morgan fingerprint density at radius 1 is 1.00 bits per heavy atom. The van der Waals surface area contributed by atoms with E-state index in [2.05, 4.69) is 16.9 Å². The second-order valence-corrected chi connectivity index (χ2v) is 6.64. The highest BCUT2D eigenvalue weighted by atomic mass is 16.5. The van der Waals surface area contributed by atoms with Gasteiger partial charge in [-0.25, -0.2) is 14.8 Å². The van der Waals surface area contributed by atoms with Crippen molar-refractivity contribution in [2.75, 3.05) is 39.8 Å². The molecular formula is C21H29N3O5. The number of anilines is 1. The maximum atomic E-state index is 11.6. The molecule has 0 spiro atoms. The Bertz CT molecular complexity index is 816. The van der Waals surface area contributed by atoms with Crippen molar-refractivity contribution in [2.45, 2.75) is 32.6 Å². The zero-order valence-corrected chi connectivity index (χ0v) is 17.7. The third-order valence-electron chi connectivity index (χ3n) is 4.58. The van der Waals surface area contributed by atoms with Gasteiger partial charge in [0.15, 0.2) is 17.2 Å². The van der Waals surface area contributed by atoms with E-state index in [1.807, 2.05) is 11.9 Å². The van der Waals surface area contributed by atoms with E-state index in [-0.39, 0.29) is 5.69 Å². The minimum atomic E-state index is -1.11. The summed E-state index contributed by atoms with van der Waals surface area (Å²) in [7, 11) is 6.45. The van der Waals surface area contributed by atoms with Gasteiger partial charge in [0.1, 0.15) is 0 Å². The van der Waals surface area contributed by atoms with Gasteiger partial charge in [0.2, 0.25) is 11.7 Å². The molecule has 1 aromatic heterocycles. The molecular weight excluding hydrogens is 374 g/mol. The average molecular weight is 403 g/mol. The SMILES string of the molecule is CCCCCCN(C)c1nc(C(=O)O)cc(-c2cc(OC)c(OC)c(OC)c2)n1. The van der Waals surface area contributed by atoms with Gasteiger partial charge in [0, 0.05) is 19.2 Å². The molecule has 0 saturated heterocycles. The lowest BCUT2D eigenvalue weighted by Crippen LogP contribution is -2.22. The highest BCUT2D eigenvalue weighted by Crippen LogP contribution is 2.41. The van der Waals surface area contributed by atoms with E-state index >= 15 is 0 Å². The molecule has 2 aromatic rings. The van der Waals surface area contributed by atoms with Crippen molar-refractivity contribution >= 4 is 11.9 Å². The maximum absolute atomic E-state index is 11.6. The van der Waals surface area contributed by atoms with Crippen LogP contribution in [-0.2, 0) is 0 Å². The van der Waals surface area contributed by atoms with Crippen LogP contribution in [0.4, 0.5) is 5.95 Å². The third kappa shape index (κ3) is 5.49. The molecule has 158 valence electrons. The van der Waals surface area contributed by atoms with Gasteiger partial charge in [-0.15, -0.1) is 0 Å². The Balaban J connectivity index is 2.47. The largest absolute Gasteiger partial charge is 0.493 e. The summed E-state index contributed by atoms with van der Waals surface area (Å²) in [6, 6.07) is 4.91. The van der Waals surface area contributed by atoms with Crippen LogP contribution in [0.2, 0.25) is 0 Å². The van der Waals surface area contributed by atoms with E-state index < -0.39 is 5.97 Å². The van der Waals surface area contributed by atoms with Crippen molar-refractivity contribution in [1.29, 1.82) is 0 Å². The van der Waals surface area contributed by atoms with Crippen LogP contribution in [0.1, 0.15) is 43.1 Å². The lowest BCUT2D eigenvalue weighted by atomic mass is 10.1. The predicted molar refractivity (Wildman–Crippen MR) is 111 cm³/mol. The molecule has 0 aliphatic rings. The van der Waals surface area contributed by atoms with Crippen LogP contribution in [0.3, 0.4) is 0 Å². The van der Waals surface area contributed by atoms with E-state index in [1.165, 1.54) is 33.8 Å². The number of aromatic carboxylic acids is 1. The number of ether oxygens (including phenoxy) is 3. The van der Waals surface area contributed by atoms with E-state index in [1.54, 1.807) is 12.1 Å². The molecule has 1 aromatic carbocycles. The molecule has 0 saturated carbocycles. The number of carboxylic acids is 1. The van der Waals surface area contributed by atoms with Gasteiger partial charge in [-0.2, -0.15) is 0 Å². The van der Waals surface area contributed by atoms with Crippen molar-refractivity contribution in [3.63, 3.8) is 0 Å². The van der Waals surface area contributed by atoms with Gasteiger partial charge in [0.25, 0.3) is 0 Å². The molecule has 1 heterocycles.